The van der Waals surface area contributed by atoms with Gasteiger partial charge in [-0.25, -0.2) is 4.79 Å². The SMILES string of the molecule is CCOc1ccc(C(F)(F)F)cc1NC(=O)NC(CC)CO. The number of aliphatic hydroxyl groups excluding tert-OH is 1. The zero-order valence-corrected chi connectivity index (χ0v) is 12.3. The maximum Gasteiger partial charge on any atom is 0.416 e. The number of halogens is 3. The molecule has 0 aliphatic carbocycles. The Labute approximate surface area is 126 Å². The van der Waals surface area contributed by atoms with Crippen molar-refractivity contribution in [3.05, 3.63) is 23.8 Å². The van der Waals surface area contributed by atoms with Crippen LogP contribution in [0.4, 0.5) is 23.7 Å². The number of hydrogen-bond acceptors (Lipinski definition) is 3. The largest absolute Gasteiger partial charge is 0.492 e. The summed E-state index contributed by atoms with van der Waals surface area (Å²) in [5.41, 5.74) is -0.970. The van der Waals surface area contributed by atoms with Crippen LogP contribution in [0, 0.1) is 0 Å². The summed E-state index contributed by atoms with van der Waals surface area (Å²) in [6.07, 6.45) is -4.03. The van der Waals surface area contributed by atoms with Gasteiger partial charge in [-0.3, -0.25) is 0 Å². The normalized spacial score (nSPS) is 12.6. The number of benzene rings is 1. The van der Waals surface area contributed by atoms with E-state index in [0.29, 0.717) is 6.42 Å². The van der Waals surface area contributed by atoms with Crippen molar-refractivity contribution in [2.45, 2.75) is 32.5 Å². The highest BCUT2D eigenvalue weighted by Gasteiger charge is 2.31. The molecule has 0 spiro atoms. The first-order valence-corrected chi connectivity index (χ1v) is 6.84. The molecule has 22 heavy (non-hydrogen) atoms. The molecular formula is C14H19F3N2O3. The summed E-state index contributed by atoms with van der Waals surface area (Å²) < 4.78 is 43.4. The molecule has 0 saturated heterocycles. The van der Waals surface area contributed by atoms with Crippen LogP contribution < -0.4 is 15.4 Å². The lowest BCUT2D eigenvalue weighted by molar-refractivity contribution is -0.137. The molecule has 1 unspecified atom stereocenters. The first kappa shape index (κ1) is 18.1. The second-order valence-corrected chi connectivity index (χ2v) is 4.53. The molecule has 1 atom stereocenters. The van der Waals surface area contributed by atoms with Crippen LogP contribution in [0.3, 0.4) is 0 Å². The quantitative estimate of drug-likeness (QED) is 0.754. The third kappa shape index (κ3) is 5.10. The highest BCUT2D eigenvalue weighted by atomic mass is 19.4. The molecule has 2 amide bonds. The van der Waals surface area contributed by atoms with E-state index >= 15 is 0 Å². The Balaban J connectivity index is 2.96. The maximum atomic E-state index is 12.7. The number of ether oxygens (including phenoxy) is 1. The van der Waals surface area contributed by atoms with Gasteiger partial charge in [-0.15, -0.1) is 0 Å². The fraction of sp³-hybridized carbons (Fsp3) is 0.500. The van der Waals surface area contributed by atoms with Gasteiger partial charge in [0.05, 0.1) is 30.5 Å². The number of carbonyl (C=O) groups excluding carboxylic acids is 1. The predicted molar refractivity (Wildman–Crippen MR) is 75.9 cm³/mol. The Morgan fingerprint density at radius 2 is 2.05 bits per heavy atom. The number of alkyl halides is 3. The third-order valence-electron chi connectivity index (χ3n) is 2.90. The van der Waals surface area contributed by atoms with Gasteiger partial charge in [0, 0.05) is 0 Å². The molecule has 1 aromatic rings. The fourth-order valence-electron chi connectivity index (χ4n) is 1.71. The summed E-state index contributed by atoms with van der Waals surface area (Å²) in [7, 11) is 0. The number of aliphatic hydroxyl groups is 1. The minimum Gasteiger partial charge on any atom is -0.492 e. The van der Waals surface area contributed by atoms with Crippen molar-refractivity contribution < 1.29 is 27.8 Å². The molecule has 1 rings (SSSR count). The topological polar surface area (TPSA) is 70.6 Å². The van der Waals surface area contributed by atoms with E-state index < -0.39 is 23.8 Å². The molecule has 0 radical (unpaired) electrons. The number of amides is 2. The lowest BCUT2D eigenvalue weighted by Crippen LogP contribution is -2.39. The van der Waals surface area contributed by atoms with Gasteiger partial charge in [0.1, 0.15) is 5.75 Å². The van der Waals surface area contributed by atoms with Crippen LogP contribution in [0.1, 0.15) is 25.8 Å². The Hall–Kier alpha value is -1.96. The van der Waals surface area contributed by atoms with Crippen molar-refractivity contribution in [3.63, 3.8) is 0 Å². The molecule has 0 aliphatic rings. The number of hydrogen-bond donors (Lipinski definition) is 3. The van der Waals surface area contributed by atoms with Crippen molar-refractivity contribution in [1.82, 2.24) is 5.32 Å². The lowest BCUT2D eigenvalue weighted by Gasteiger charge is -2.17. The van der Waals surface area contributed by atoms with Crippen LogP contribution >= 0.6 is 0 Å². The number of carbonyl (C=O) groups is 1. The fourth-order valence-corrected chi connectivity index (χ4v) is 1.71. The first-order valence-electron chi connectivity index (χ1n) is 6.84. The van der Waals surface area contributed by atoms with E-state index in [9.17, 15) is 18.0 Å². The van der Waals surface area contributed by atoms with Crippen LogP contribution in [-0.2, 0) is 6.18 Å². The van der Waals surface area contributed by atoms with E-state index in [2.05, 4.69) is 10.6 Å². The maximum absolute atomic E-state index is 12.7. The number of anilines is 1. The summed E-state index contributed by atoms with van der Waals surface area (Å²) in [5.74, 6) is 0.141. The van der Waals surface area contributed by atoms with Crippen molar-refractivity contribution in [2.24, 2.45) is 0 Å². The van der Waals surface area contributed by atoms with E-state index in [1.165, 1.54) is 0 Å². The number of nitrogens with one attached hydrogen (secondary N) is 2. The second kappa shape index (κ2) is 7.88. The van der Waals surface area contributed by atoms with Gasteiger partial charge in [-0.05, 0) is 31.5 Å². The Bertz CT molecular complexity index is 503. The van der Waals surface area contributed by atoms with Crippen molar-refractivity contribution in [2.75, 3.05) is 18.5 Å². The van der Waals surface area contributed by atoms with E-state index in [1.54, 1.807) is 13.8 Å². The highest BCUT2D eigenvalue weighted by molar-refractivity contribution is 5.91. The smallest absolute Gasteiger partial charge is 0.416 e. The summed E-state index contributed by atoms with van der Waals surface area (Å²) in [6, 6.07) is 1.68. The van der Waals surface area contributed by atoms with Gasteiger partial charge in [0.2, 0.25) is 0 Å². The summed E-state index contributed by atoms with van der Waals surface area (Å²) in [4.78, 5) is 11.8. The molecule has 0 aliphatic heterocycles. The molecule has 0 fully saturated rings. The molecule has 1 aromatic carbocycles. The Morgan fingerprint density at radius 3 is 2.55 bits per heavy atom. The second-order valence-electron chi connectivity index (χ2n) is 4.53. The van der Waals surface area contributed by atoms with Crippen LogP contribution in [-0.4, -0.2) is 30.4 Å². The molecule has 5 nitrogen and oxygen atoms in total. The van der Waals surface area contributed by atoms with Gasteiger partial charge in [-0.1, -0.05) is 6.92 Å². The third-order valence-corrected chi connectivity index (χ3v) is 2.90. The average molecular weight is 320 g/mol. The van der Waals surface area contributed by atoms with Gasteiger partial charge in [0.25, 0.3) is 0 Å². The highest BCUT2D eigenvalue weighted by Crippen LogP contribution is 2.35. The van der Waals surface area contributed by atoms with Gasteiger partial charge >= 0.3 is 12.2 Å². The van der Waals surface area contributed by atoms with Crippen molar-refractivity contribution in [1.29, 1.82) is 0 Å². The van der Waals surface area contributed by atoms with E-state index in [-0.39, 0.29) is 24.7 Å². The first-order chi connectivity index (χ1) is 10.3. The standard InChI is InChI=1S/C14H19F3N2O3/c1-3-10(8-20)18-13(21)19-11-7-9(14(15,16)17)5-6-12(11)22-4-2/h5-7,10,20H,3-4,8H2,1-2H3,(H2,18,19,21). The average Bonchev–Trinajstić information content (AvgIpc) is 2.45. The van der Waals surface area contributed by atoms with E-state index in [1.807, 2.05) is 0 Å². The predicted octanol–water partition coefficient (Wildman–Crippen LogP) is 3.00. The minimum absolute atomic E-state index is 0.0815. The summed E-state index contributed by atoms with van der Waals surface area (Å²) in [6.45, 7) is 3.43. The van der Waals surface area contributed by atoms with E-state index in [0.717, 1.165) is 18.2 Å². The molecule has 124 valence electrons. The number of urea groups is 1. The van der Waals surface area contributed by atoms with Crippen LogP contribution in [0.5, 0.6) is 5.75 Å². The van der Waals surface area contributed by atoms with Gasteiger partial charge in [0.15, 0.2) is 0 Å². The summed E-state index contributed by atoms with van der Waals surface area (Å²) in [5, 5.41) is 13.8. The molecule has 8 heteroatoms. The van der Waals surface area contributed by atoms with Crippen LogP contribution in [0.2, 0.25) is 0 Å². The monoisotopic (exact) mass is 320 g/mol. The number of rotatable bonds is 6. The molecular weight excluding hydrogens is 301 g/mol. The van der Waals surface area contributed by atoms with Gasteiger partial charge < -0.3 is 20.5 Å². The van der Waals surface area contributed by atoms with Crippen LogP contribution in [0.25, 0.3) is 0 Å². The summed E-state index contributed by atoms with van der Waals surface area (Å²) >= 11 is 0. The molecule has 0 aromatic heterocycles. The molecule has 0 heterocycles. The molecule has 0 bridgehead atoms. The lowest BCUT2D eigenvalue weighted by atomic mass is 10.1. The van der Waals surface area contributed by atoms with E-state index in [4.69, 9.17) is 9.84 Å². The molecule has 3 N–H and O–H groups in total. The zero-order chi connectivity index (χ0) is 16.8. The Morgan fingerprint density at radius 1 is 1.36 bits per heavy atom. The van der Waals surface area contributed by atoms with Gasteiger partial charge in [-0.2, -0.15) is 13.2 Å². The van der Waals surface area contributed by atoms with Crippen molar-refractivity contribution >= 4 is 11.7 Å². The Kier molecular flexibility index (Phi) is 6.48. The minimum atomic E-state index is -4.52. The zero-order valence-electron chi connectivity index (χ0n) is 12.3. The van der Waals surface area contributed by atoms with Crippen LogP contribution in [0.15, 0.2) is 18.2 Å². The van der Waals surface area contributed by atoms with Crippen molar-refractivity contribution in [3.8, 4) is 5.75 Å². The molecule has 0 saturated carbocycles.